The molecule has 100 valence electrons. The van der Waals surface area contributed by atoms with Crippen LogP contribution in [0.2, 0.25) is 10.0 Å². The third kappa shape index (κ3) is 2.26. The van der Waals surface area contributed by atoms with Crippen LogP contribution in [0.5, 0.6) is 0 Å². The zero-order valence-electron chi connectivity index (χ0n) is 10.1. The number of furan rings is 1. The van der Waals surface area contributed by atoms with E-state index in [4.69, 9.17) is 32.7 Å². The second-order valence-corrected chi connectivity index (χ2v) is 5.14. The van der Waals surface area contributed by atoms with Gasteiger partial charge in [-0.25, -0.2) is 4.79 Å². The van der Waals surface area contributed by atoms with Gasteiger partial charge in [0.1, 0.15) is 11.3 Å². The Bertz CT molecular complexity index is 821. The Morgan fingerprint density at radius 1 is 1.05 bits per heavy atom. The average molecular weight is 307 g/mol. The van der Waals surface area contributed by atoms with Crippen LogP contribution in [-0.4, -0.2) is 11.1 Å². The number of fused-ring (bicyclic) bond motifs is 1. The second kappa shape index (κ2) is 4.85. The summed E-state index contributed by atoms with van der Waals surface area (Å²) in [7, 11) is 0. The number of benzene rings is 2. The van der Waals surface area contributed by atoms with Gasteiger partial charge in [-0.1, -0.05) is 23.2 Å². The van der Waals surface area contributed by atoms with Crippen LogP contribution >= 0.6 is 23.2 Å². The van der Waals surface area contributed by atoms with Crippen LogP contribution in [-0.2, 0) is 0 Å². The van der Waals surface area contributed by atoms with E-state index in [1.165, 1.54) is 6.07 Å². The Hall–Kier alpha value is -1.97. The molecule has 3 aromatic rings. The third-order valence-corrected chi connectivity index (χ3v) is 3.52. The van der Waals surface area contributed by atoms with Gasteiger partial charge in [-0.2, -0.15) is 0 Å². The number of carboxylic acids is 1. The molecule has 20 heavy (non-hydrogen) atoms. The highest BCUT2D eigenvalue weighted by molar-refractivity contribution is 6.33. The van der Waals surface area contributed by atoms with Gasteiger partial charge in [-0.15, -0.1) is 0 Å². The molecule has 0 saturated heterocycles. The van der Waals surface area contributed by atoms with Crippen LogP contribution in [0.25, 0.3) is 22.3 Å². The largest absolute Gasteiger partial charge is 0.478 e. The Kier molecular flexibility index (Phi) is 3.16. The lowest BCUT2D eigenvalue weighted by molar-refractivity contribution is 0.0697. The molecule has 0 amide bonds. The van der Waals surface area contributed by atoms with Crippen molar-refractivity contribution < 1.29 is 14.3 Å². The minimum atomic E-state index is -1.07. The van der Waals surface area contributed by atoms with E-state index in [-0.39, 0.29) is 10.6 Å². The van der Waals surface area contributed by atoms with Crippen molar-refractivity contribution in [1.29, 1.82) is 0 Å². The summed E-state index contributed by atoms with van der Waals surface area (Å²) in [4.78, 5) is 11.1. The molecule has 5 heteroatoms. The summed E-state index contributed by atoms with van der Waals surface area (Å²) in [6.07, 6.45) is 0. The number of hydrogen-bond donors (Lipinski definition) is 1. The van der Waals surface area contributed by atoms with Gasteiger partial charge >= 0.3 is 5.97 Å². The molecule has 0 fully saturated rings. The Morgan fingerprint density at radius 2 is 1.85 bits per heavy atom. The van der Waals surface area contributed by atoms with Crippen molar-refractivity contribution in [3.8, 4) is 11.3 Å². The molecule has 1 aromatic heterocycles. The van der Waals surface area contributed by atoms with Crippen molar-refractivity contribution in [3.05, 3.63) is 58.1 Å². The van der Waals surface area contributed by atoms with Crippen molar-refractivity contribution in [3.63, 3.8) is 0 Å². The van der Waals surface area contributed by atoms with Crippen LogP contribution in [0.1, 0.15) is 10.4 Å². The van der Waals surface area contributed by atoms with E-state index in [0.29, 0.717) is 21.9 Å². The molecule has 0 aliphatic heterocycles. The molecule has 0 spiro atoms. The van der Waals surface area contributed by atoms with E-state index >= 15 is 0 Å². The molecule has 0 bridgehead atoms. The van der Waals surface area contributed by atoms with Gasteiger partial charge in [0, 0.05) is 16.0 Å². The van der Waals surface area contributed by atoms with E-state index in [1.807, 2.05) is 6.07 Å². The van der Waals surface area contributed by atoms with E-state index < -0.39 is 5.97 Å². The molecule has 3 rings (SSSR count). The smallest absolute Gasteiger partial charge is 0.337 e. The van der Waals surface area contributed by atoms with Gasteiger partial charge in [-0.05, 0) is 42.5 Å². The van der Waals surface area contributed by atoms with E-state index in [2.05, 4.69) is 0 Å². The SMILES string of the molecule is O=C(O)c1cc(-c2cc3cc(Cl)ccc3o2)ccc1Cl. The summed E-state index contributed by atoms with van der Waals surface area (Å²) in [5, 5.41) is 10.8. The molecule has 0 saturated carbocycles. The summed E-state index contributed by atoms with van der Waals surface area (Å²) in [5.74, 6) is -0.502. The molecule has 3 nitrogen and oxygen atoms in total. The van der Waals surface area contributed by atoms with E-state index in [1.54, 1.807) is 30.3 Å². The van der Waals surface area contributed by atoms with Gasteiger partial charge < -0.3 is 9.52 Å². The lowest BCUT2D eigenvalue weighted by Gasteiger charge is -2.01. The topological polar surface area (TPSA) is 50.4 Å². The second-order valence-electron chi connectivity index (χ2n) is 4.29. The first-order valence-corrected chi connectivity index (χ1v) is 6.52. The lowest BCUT2D eigenvalue weighted by atomic mass is 10.1. The average Bonchev–Trinajstić information content (AvgIpc) is 2.81. The minimum Gasteiger partial charge on any atom is -0.478 e. The van der Waals surface area contributed by atoms with E-state index in [9.17, 15) is 4.79 Å². The number of aromatic carboxylic acids is 1. The summed E-state index contributed by atoms with van der Waals surface area (Å²) >= 11 is 11.8. The lowest BCUT2D eigenvalue weighted by Crippen LogP contribution is -1.97. The Labute approximate surface area is 124 Å². The molecule has 0 aliphatic rings. The molecule has 0 unspecified atom stereocenters. The zero-order valence-corrected chi connectivity index (χ0v) is 11.6. The van der Waals surface area contributed by atoms with Crippen molar-refractivity contribution in [2.75, 3.05) is 0 Å². The van der Waals surface area contributed by atoms with Crippen LogP contribution < -0.4 is 0 Å². The summed E-state index contributed by atoms with van der Waals surface area (Å²) < 4.78 is 5.69. The molecule has 0 radical (unpaired) electrons. The molecular formula is C15H8Cl2O3. The number of rotatable bonds is 2. The van der Waals surface area contributed by atoms with Crippen molar-refractivity contribution >= 4 is 40.1 Å². The maximum absolute atomic E-state index is 11.1. The van der Waals surface area contributed by atoms with E-state index in [0.717, 1.165) is 5.39 Å². The highest BCUT2D eigenvalue weighted by Gasteiger charge is 2.13. The van der Waals surface area contributed by atoms with Gasteiger partial charge in [-0.3, -0.25) is 0 Å². The standard InChI is InChI=1S/C15H8Cl2O3/c16-10-2-4-13-9(5-10)7-14(20-13)8-1-3-12(17)11(6-8)15(18)19/h1-7H,(H,18,19). The predicted octanol–water partition coefficient (Wildman–Crippen LogP) is 5.10. The molecule has 2 aromatic carbocycles. The van der Waals surface area contributed by atoms with Crippen LogP contribution in [0.3, 0.4) is 0 Å². The fraction of sp³-hybridized carbons (Fsp3) is 0. The first-order chi connectivity index (χ1) is 9.54. The van der Waals surface area contributed by atoms with Gasteiger partial charge in [0.05, 0.1) is 10.6 Å². The highest BCUT2D eigenvalue weighted by Crippen LogP contribution is 2.31. The summed E-state index contributed by atoms with van der Waals surface area (Å²) in [6, 6.07) is 11.9. The zero-order chi connectivity index (χ0) is 14.3. The molecule has 0 atom stereocenters. The van der Waals surface area contributed by atoms with Crippen molar-refractivity contribution in [2.45, 2.75) is 0 Å². The first kappa shape index (κ1) is 13.0. The van der Waals surface area contributed by atoms with Crippen LogP contribution in [0.15, 0.2) is 46.9 Å². The number of carbonyl (C=O) groups is 1. The van der Waals surface area contributed by atoms with Gasteiger partial charge in [0.25, 0.3) is 0 Å². The molecule has 0 aliphatic carbocycles. The Balaban J connectivity index is 2.15. The fourth-order valence-electron chi connectivity index (χ4n) is 2.00. The first-order valence-electron chi connectivity index (χ1n) is 5.77. The third-order valence-electron chi connectivity index (χ3n) is 2.96. The maximum Gasteiger partial charge on any atom is 0.337 e. The fourth-order valence-corrected chi connectivity index (χ4v) is 2.38. The van der Waals surface area contributed by atoms with Gasteiger partial charge in [0.2, 0.25) is 0 Å². The summed E-state index contributed by atoms with van der Waals surface area (Å²) in [6.45, 7) is 0. The van der Waals surface area contributed by atoms with Crippen LogP contribution in [0, 0.1) is 0 Å². The predicted molar refractivity (Wildman–Crippen MR) is 78.6 cm³/mol. The monoisotopic (exact) mass is 306 g/mol. The Morgan fingerprint density at radius 3 is 2.60 bits per heavy atom. The van der Waals surface area contributed by atoms with Crippen molar-refractivity contribution in [2.24, 2.45) is 0 Å². The highest BCUT2D eigenvalue weighted by atomic mass is 35.5. The maximum atomic E-state index is 11.1. The quantitative estimate of drug-likeness (QED) is 0.716. The molecular weight excluding hydrogens is 299 g/mol. The summed E-state index contributed by atoms with van der Waals surface area (Å²) in [5.41, 5.74) is 1.39. The molecule has 1 heterocycles. The number of carboxylic acid groups (broad SMARTS) is 1. The number of halogens is 2. The van der Waals surface area contributed by atoms with Gasteiger partial charge in [0.15, 0.2) is 0 Å². The normalized spacial score (nSPS) is 10.9. The van der Waals surface area contributed by atoms with Crippen LogP contribution in [0.4, 0.5) is 0 Å². The molecule has 1 N–H and O–H groups in total. The minimum absolute atomic E-state index is 0.0441. The van der Waals surface area contributed by atoms with Crippen molar-refractivity contribution in [1.82, 2.24) is 0 Å². The number of hydrogen-bond acceptors (Lipinski definition) is 2.